The Morgan fingerprint density at radius 2 is 1.81 bits per heavy atom. The number of benzene rings is 2. The molecule has 1 atom stereocenters. The second-order valence-electron chi connectivity index (χ2n) is 6.78. The molecule has 1 N–H and O–H groups in total. The van der Waals surface area contributed by atoms with Crippen molar-refractivity contribution in [2.45, 2.75) is 6.04 Å². The van der Waals surface area contributed by atoms with Gasteiger partial charge in [0.15, 0.2) is 0 Å². The molecule has 27 heavy (non-hydrogen) atoms. The van der Waals surface area contributed by atoms with E-state index in [0.717, 1.165) is 48.6 Å². The number of hydrogen-bond donors (Lipinski definition) is 1. The lowest BCUT2D eigenvalue weighted by Crippen LogP contribution is -2.45. The van der Waals surface area contributed by atoms with Crippen LogP contribution < -0.4 is 14.8 Å². The quantitative estimate of drug-likeness (QED) is 0.754. The summed E-state index contributed by atoms with van der Waals surface area (Å²) in [6.07, 6.45) is 3.76. The molecule has 1 aromatic heterocycles. The van der Waals surface area contributed by atoms with Gasteiger partial charge < -0.3 is 14.8 Å². The molecule has 0 radical (unpaired) electrons. The molecule has 140 valence electrons. The topological polar surface area (TPSA) is 46.6 Å². The summed E-state index contributed by atoms with van der Waals surface area (Å²) in [6, 6.07) is 14.9. The Balaban J connectivity index is 1.83. The zero-order chi connectivity index (χ0) is 18.6. The van der Waals surface area contributed by atoms with Crippen LogP contribution >= 0.6 is 0 Å². The summed E-state index contributed by atoms with van der Waals surface area (Å²) in [5.41, 5.74) is 2.42. The molecule has 4 rings (SSSR count). The van der Waals surface area contributed by atoms with Crippen LogP contribution in [0.1, 0.15) is 17.2 Å². The van der Waals surface area contributed by atoms with Crippen molar-refractivity contribution in [3.05, 3.63) is 66.0 Å². The second-order valence-corrected chi connectivity index (χ2v) is 6.78. The highest BCUT2D eigenvalue weighted by molar-refractivity contribution is 5.82. The van der Waals surface area contributed by atoms with Crippen molar-refractivity contribution in [1.29, 1.82) is 0 Å². The van der Waals surface area contributed by atoms with E-state index in [0.29, 0.717) is 0 Å². The average Bonchev–Trinajstić information content (AvgIpc) is 2.75. The van der Waals surface area contributed by atoms with Crippen molar-refractivity contribution in [3.8, 4) is 11.5 Å². The van der Waals surface area contributed by atoms with Gasteiger partial charge in [-0.15, -0.1) is 0 Å². The molecule has 3 aromatic rings. The first kappa shape index (κ1) is 17.8. The normalized spacial score (nSPS) is 16.2. The Bertz CT molecular complexity index is 922. The summed E-state index contributed by atoms with van der Waals surface area (Å²) >= 11 is 0. The molecule has 1 aliphatic rings. The lowest BCUT2D eigenvalue weighted by molar-refractivity contribution is 0.195. The van der Waals surface area contributed by atoms with Crippen LogP contribution in [-0.2, 0) is 0 Å². The smallest absolute Gasteiger partial charge is 0.127 e. The maximum atomic E-state index is 5.74. The Kier molecular flexibility index (Phi) is 5.23. The number of methoxy groups -OCH3 is 2. The van der Waals surface area contributed by atoms with E-state index >= 15 is 0 Å². The van der Waals surface area contributed by atoms with E-state index in [1.807, 2.05) is 24.5 Å². The van der Waals surface area contributed by atoms with Crippen molar-refractivity contribution in [2.75, 3.05) is 40.4 Å². The van der Waals surface area contributed by atoms with E-state index in [4.69, 9.17) is 9.47 Å². The van der Waals surface area contributed by atoms with Crippen molar-refractivity contribution in [1.82, 2.24) is 15.2 Å². The SMILES string of the molecule is COc1ccc(C(c2ccc3cnccc3c2)N2CCNCC2)c(OC)c1. The fraction of sp³-hybridized carbons (Fsp3) is 0.318. The third-order valence-electron chi connectivity index (χ3n) is 5.23. The maximum absolute atomic E-state index is 5.74. The van der Waals surface area contributed by atoms with E-state index in [2.05, 4.69) is 45.5 Å². The van der Waals surface area contributed by atoms with E-state index in [-0.39, 0.29) is 6.04 Å². The molecule has 0 bridgehead atoms. The number of fused-ring (bicyclic) bond motifs is 1. The van der Waals surface area contributed by atoms with Crippen LogP contribution in [0.25, 0.3) is 10.8 Å². The van der Waals surface area contributed by atoms with Gasteiger partial charge in [-0.25, -0.2) is 0 Å². The molecule has 1 aliphatic heterocycles. The first-order valence-corrected chi connectivity index (χ1v) is 9.30. The van der Waals surface area contributed by atoms with Crippen LogP contribution in [-0.4, -0.2) is 50.3 Å². The third-order valence-corrected chi connectivity index (χ3v) is 5.23. The summed E-state index contributed by atoms with van der Waals surface area (Å²) in [6.45, 7) is 3.97. The molecule has 5 heteroatoms. The van der Waals surface area contributed by atoms with Gasteiger partial charge in [-0.2, -0.15) is 0 Å². The number of ether oxygens (including phenoxy) is 2. The first-order valence-electron chi connectivity index (χ1n) is 9.30. The molecule has 2 heterocycles. The second kappa shape index (κ2) is 7.94. The summed E-state index contributed by atoms with van der Waals surface area (Å²) in [7, 11) is 3.40. The van der Waals surface area contributed by atoms with Gasteiger partial charge in [0, 0.05) is 55.6 Å². The Hall–Kier alpha value is -2.63. The fourth-order valence-corrected chi connectivity index (χ4v) is 3.84. The number of nitrogens with zero attached hydrogens (tertiary/aromatic N) is 2. The lowest BCUT2D eigenvalue weighted by atomic mass is 9.94. The summed E-state index contributed by atoms with van der Waals surface area (Å²) < 4.78 is 11.1. The minimum absolute atomic E-state index is 0.130. The van der Waals surface area contributed by atoms with Crippen molar-refractivity contribution in [3.63, 3.8) is 0 Å². The molecule has 0 aliphatic carbocycles. The van der Waals surface area contributed by atoms with Crippen molar-refractivity contribution < 1.29 is 9.47 Å². The standard InChI is InChI=1S/C22H25N3O2/c1-26-19-5-6-20(21(14-19)27-2)22(25-11-9-23-10-12-25)17-3-4-18-15-24-8-7-16(18)13-17/h3-8,13-15,22-23H,9-12H2,1-2H3. The molecule has 5 nitrogen and oxygen atoms in total. The molecule has 1 unspecified atom stereocenters. The maximum Gasteiger partial charge on any atom is 0.127 e. The number of aromatic nitrogens is 1. The highest BCUT2D eigenvalue weighted by Crippen LogP contribution is 2.37. The Morgan fingerprint density at radius 3 is 2.59 bits per heavy atom. The van der Waals surface area contributed by atoms with Crippen molar-refractivity contribution >= 4 is 10.8 Å². The molecule has 0 saturated carbocycles. The first-order chi connectivity index (χ1) is 13.3. The molecule has 0 amide bonds. The third kappa shape index (κ3) is 3.61. The summed E-state index contributed by atoms with van der Waals surface area (Å²) in [4.78, 5) is 6.75. The van der Waals surface area contributed by atoms with Gasteiger partial charge in [0.25, 0.3) is 0 Å². The fourth-order valence-electron chi connectivity index (χ4n) is 3.84. The van der Waals surface area contributed by atoms with E-state index in [1.54, 1.807) is 14.2 Å². The van der Waals surface area contributed by atoms with Crippen LogP contribution in [0.15, 0.2) is 54.9 Å². The van der Waals surface area contributed by atoms with E-state index in [1.165, 1.54) is 10.9 Å². The van der Waals surface area contributed by atoms with Gasteiger partial charge >= 0.3 is 0 Å². The van der Waals surface area contributed by atoms with Crippen molar-refractivity contribution in [2.24, 2.45) is 0 Å². The van der Waals surface area contributed by atoms with Crippen LogP contribution in [0.2, 0.25) is 0 Å². The molecule has 1 saturated heterocycles. The Morgan fingerprint density at radius 1 is 0.963 bits per heavy atom. The Labute approximate surface area is 159 Å². The van der Waals surface area contributed by atoms with Crippen LogP contribution in [0.5, 0.6) is 11.5 Å². The van der Waals surface area contributed by atoms with Gasteiger partial charge in [-0.1, -0.05) is 12.1 Å². The van der Waals surface area contributed by atoms with Gasteiger partial charge in [0.05, 0.1) is 20.3 Å². The van der Waals surface area contributed by atoms with Crippen LogP contribution in [0.4, 0.5) is 0 Å². The molecular weight excluding hydrogens is 338 g/mol. The zero-order valence-electron chi connectivity index (χ0n) is 15.8. The largest absolute Gasteiger partial charge is 0.497 e. The minimum atomic E-state index is 0.130. The number of piperazine rings is 1. The van der Waals surface area contributed by atoms with Gasteiger partial charge in [-0.05, 0) is 35.2 Å². The average molecular weight is 363 g/mol. The summed E-state index contributed by atoms with van der Waals surface area (Å²) in [5.74, 6) is 1.66. The number of nitrogens with one attached hydrogen (secondary N) is 1. The monoisotopic (exact) mass is 363 g/mol. The van der Waals surface area contributed by atoms with Gasteiger partial charge in [0.2, 0.25) is 0 Å². The van der Waals surface area contributed by atoms with E-state index in [9.17, 15) is 0 Å². The number of hydrogen-bond acceptors (Lipinski definition) is 5. The van der Waals surface area contributed by atoms with E-state index < -0.39 is 0 Å². The van der Waals surface area contributed by atoms with Gasteiger partial charge in [0.1, 0.15) is 11.5 Å². The zero-order valence-corrected chi connectivity index (χ0v) is 15.8. The predicted octanol–water partition coefficient (Wildman–Crippen LogP) is 3.25. The molecule has 1 fully saturated rings. The number of pyridine rings is 1. The van der Waals surface area contributed by atoms with Crippen LogP contribution in [0, 0.1) is 0 Å². The minimum Gasteiger partial charge on any atom is -0.497 e. The lowest BCUT2D eigenvalue weighted by Gasteiger charge is -2.36. The predicted molar refractivity (Wildman–Crippen MR) is 108 cm³/mol. The van der Waals surface area contributed by atoms with Gasteiger partial charge in [-0.3, -0.25) is 9.88 Å². The highest BCUT2D eigenvalue weighted by Gasteiger charge is 2.27. The van der Waals surface area contributed by atoms with Crippen LogP contribution in [0.3, 0.4) is 0 Å². The molecule has 2 aromatic carbocycles. The highest BCUT2D eigenvalue weighted by atomic mass is 16.5. The number of rotatable bonds is 5. The molecular formula is C22H25N3O2. The molecule has 0 spiro atoms. The summed E-state index contributed by atoms with van der Waals surface area (Å²) in [5, 5.41) is 5.81.